The van der Waals surface area contributed by atoms with Crippen LogP contribution in [0.3, 0.4) is 0 Å². The predicted octanol–water partition coefficient (Wildman–Crippen LogP) is 1.57. The van der Waals surface area contributed by atoms with Crippen LogP contribution in [0.1, 0.15) is 22.3 Å². The Morgan fingerprint density at radius 1 is 1.50 bits per heavy atom. The van der Waals surface area contributed by atoms with Gasteiger partial charge in [-0.1, -0.05) is 17.7 Å². The smallest absolute Gasteiger partial charge is 0.217 e. The van der Waals surface area contributed by atoms with E-state index in [1.165, 1.54) is 0 Å². The molecule has 0 aliphatic carbocycles. The van der Waals surface area contributed by atoms with Gasteiger partial charge in [0.15, 0.2) is 6.29 Å². The maximum atomic E-state index is 10.5. The Labute approximate surface area is 86.9 Å². The minimum absolute atomic E-state index is 0.278. The van der Waals surface area contributed by atoms with E-state index in [1.54, 1.807) is 18.2 Å². The van der Waals surface area contributed by atoms with Gasteiger partial charge in [-0.3, -0.25) is 9.59 Å². The van der Waals surface area contributed by atoms with Gasteiger partial charge < -0.3 is 5.73 Å². The first-order valence-corrected chi connectivity index (χ1v) is 4.53. The SMILES string of the molecule is NC(=O)CCc1ccc(Cl)c(C=O)c1. The van der Waals surface area contributed by atoms with E-state index in [1.807, 2.05) is 0 Å². The number of amides is 1. The zero-order valence-corrected chi connectivity index (χ0v) is 8.25. The lowest BCUT2D eigenvalue weighted by molar-refractivity contribution is -0.117. The van der Waals surface area contributed by atoms with Crippen LogP contribution in [0.5, 0.6) is 0 Å². The van der Waals surface area contributed by atoms with Crippen LogP contribution in [0.4, 0.5) is 0 Å². The lowest BCUT2D eigenvalue weighted by Gasteiger charge is -2.01. The van der Waals surface area contributed by atoms with Crippen LogP contribution >= 0.6 is 11.6 Å². The van der Waals surface area contributed by atoms with Crippen LogP contribution in [-0.4, -0.2) is 12.2 Å². The number of halogens is 1. The van der Waals surface area contributed by atoms with Crippen molar-refractivity contribution in [2.24, 2.45) is 5.73 Å². The van der Waals surface area contributed by atoms with Crippen molar-refractivity contribution in [3.8, 4) is 0 Å². The number of rotatable bonds is 4. The summed E-state index contributed by atoms with van der Waals surface area (Å²) in [4.78, 5) is 21.1. The largest absolute Gasteiger partial charge is 0.370 e. The molecule has 0 radical (unpaired) electrons. The lowest BCUT2D eigenvalue weighted by atomic mass is 10.1. The van der Waals surface area contributed by atoms with Gasteiger partial charge in [-0.05, 0) is 24.1 Å². The Kier molecular flexibility index (Phi) is 3.65. The summed E-state index contributed by atoms with van der Waals surface area (Å²) in [5.41, 5.74) is 6.33. The van der Waals surface area contributed by atoms with Gasteiger partial charge in [-0.2, -0.15) is 0 Å². The van der Waals surface area contributed by atoms with E-state index in [0.29, 0.717) is 23.3 Å². The van der Waals surface area contributed by atoms with Gasteiger partial charge in [0.05, 0.1) is 5.02 Å². The molecular formula is C10H10ClNO2. The molecule has 14 heavy (non-hydrogen) atoms. The lowest BCUT2D eigenvalue weighted by Crippen LogP contribution is -2.11. The van der Waals surface area contributed by atoms with Gasteiger partial charge in [0, 0.05) is 12.0 Å². The molecule has 0 heterocycles. The molecule has 1 rings (SSSR count). The molecule has 0 aromatic heterocycles. The van der Waals surface area contributed by atoms with E-state index in [0.717, 1.165) is 5.56 Å². The normalized spacial score (nSPS) is 9.79. The van der Waals surface area contributed by atoms with Crippen molar-refractivity contribution in [2.75, 3.05) is 0 Å². The standard InChI is InChI=1S/C10H10ClNO2/c11-9-3-1-7(2-4-10(12)14)5-8(9)6-13/h1,3,5-6H,2,4H2,(H2,12,14). The van der Waals surface area contributed by atoms with Crippen molar-refractivity contribution < 1.29 is 9.59 Å². The molecule has 0 spiro atoms. The molecular weight excluding hydrogens is 202 g/mol. The first kappa shape index (κ1) is 10.7. The molecule has 0 atom stereocenters. The van der Waals surface area contributed by atoms with E-state index in [4.69, 9.17) is 17.3 Å². The van der Waals surface area contributed by atoms with Crippen molar-refractivity contribution in [3.63, 3.8) is 0 Å². The summed E-state index contributed by atoms with van der Waals surface area (Å²) in [7, 11) is 0. The van der Waals surface area contributed by atoms with Crippen molar-refractivity contribution >= 4 is 23.8 Å². The molecule has 1 aromatic carbocycles. The fourth-order valence-corrected chi connectivity index (χ4v) is 1.27. The van der Waals surface area contributed by atoms with Crippen LogP contribution in [0, 0.1) is 0 Å². The molecule has 4 heteroatoms. The molecule has 0 unspecified atom stereocenters. The maximum absolute atomic E-state index is 10.5. The summed E-state index contributed by atoms with van der Waals surface area (Å²) in [6.45, 7) is 0. The summed E-state index contributed by atoms with van der Waals surface area (Å²) in [5.74, 6) is -0.354. The van der Waals surface area contributed by atoms with Gasteiger partial charge in [0.25, 0.3) is 0 Å². The van der Waals surface area contributed by atoms with Crippen LogP contribution in [0.2, 0.25) is 5.02 Å². The highest BCUT2D eigenvalue weighted by molar-refractivity contribution is 6.32. The Morgan fingerprint density at radius 3 is 2.79 bits per heavy atom. The Hall–Kier alpha value is -1.35. The summed E-state index contributed by atoms with van der Waals surface area (Å²) in [5, 5.41) is 0.419. The number of hydrogen-bond acceptors (Lipinski definition) is 2. The third kappa shape index (κ3) is 2.85. The van der Waals surface area contributed by atoms with E-state index >= 15 is 0 Å². The van der Waals surface area contributed by atoms with E-state index in [9.17, 15) is 9.59 Å². The molecule has 0 fully saturated rings. The summed E-state index contributed by atoms with van der Waals surface area (Å²) < 4.78 is 0. The number of benzene rings is 1. The molecule has 0 bridgehead atoms. The maximum Gasteiger partial charge on any atom is 0.217 e. The fourth-order valence-electron chi connectivity index (χ4n) is 1.11. The molecule has 0 aliphatic heterocycles. The van der Waals surface area contributed by atoms with Gasteiger partial charge in [-0.25, -0.2) is 0 Å². The molecule has 0 saturated heterocycles. The zero-order valence-electron chi connectivity index (χ0n) is 7.50. The number of aldehydes is 1. The number of carbonyl (C=O) groups is 2. The molecule has 0 aliphatic rings. The van der Waals surface area contributed by atoms with Gasteiger partial charge >= 0.3 is 0 Å². The second-order valence-corrected chi connectivity index (χ2v) is 3.35. The van der Waals surface area contributed by atoms with Crippen molar-refractivity contribution in [3.05, 3.63) is 34.3 Å². The van der Waals surface area contributed by atoms with E-state index in [-0.39, 0.29) is 12.3 Å². The number of nitrogens with two attached hydrogens (primary N) is 1. The monoisotopic (exact) mass is 211 g/mol. The molecule has 3 nitrogen and oxygen atoms in total. The molecule has 74 valence electrons. The van der Waals surface area contributed by atoms with Crippen molar-refractivity contribution in [1.82, 2.24) is 0 Å². The second-order valence-electron chi connectivity index (χ2n) is 2.94. The van der Waals surface area contributed by atoms with E-state index in [2.05, 4.69) is 0 Å². The topological polar surface area (TPSA) is 60.2 Å². The Morgan fingerprint density at radius 2 is 2.21 bits per heavy atom. The molecule has 2 N–H and O–H groups in total. The number of primary amides is 1. The Bertz CT molecular complexity index is 363. The van der Waals surface area contributed by atoms with Crippen LogP contribution in [-0.2, 0) is 11.2 Å². The molecule has 0 saturated carbocycles. The highest BCUT2D eigenvalue weighted by atomic mass is 35.5. The average molecular weight is 212 g/mol. The molecule has 1 aromatic rings. The first-order chi connectivity index (χ1) is 6.63. The minimum Gasteiger partial charge on any atom is -0.370 e. The third-order valence-electron chi connectivity index (χ3n) is 1.85. The van der Waals surface area contributed by atoms with E-state index < -0.39 is 0 Å². The Balaban J connectivity index is 2.79. The van der Waals surface area contributed by atoms with Gasteiger partial charge in [0.2, 0.25) is 5.91 Å². The predicted molar refractivity (Wildman–Crippen MR) is 54.4 cm³/mol. The summed E-state index contributed by atoms with van der Waals surface area (Å²) in [6, 6.07) is 5.08. The highest BCUT2D eigenvalue weighted by Crippen LogP contribution is 2.16. The number of carbonyl (C=O) groups excluding carboxylic acids is 2. The minimum atomic E-state index is -0.354. The van der Waals surface area contributed by atoms with Crippen LogP contribution in [0.15, 0.2) is 18.2 Å². The van der Waals surface area contributed by atoms with Crippen molar-refractivity contribution in [1.29, 1.82) is 0 Å². The average Bonchev–Trinajstić information content (AvgIpc) is 2.16. The number of aryl methyl sites for hydroxylation is 1. The molecule has 1 amide bonds. The quantitative estimate of drug-likeness (QED) is 0.769. The van der Waals surface area contributed by atoms with Gasteiger partial charge in [0.1, 0.15) is 0 Å². The van der Waals surface area contributed by atoms with Crippen LogP contribution < -0.4 is 5.73 Å². The fraction of sp³-hybridized carbons (Fsp3) is 0.200. The highest BCUT2D eigenvalue weighted by Gasteiger charge is 2.02. The van der Waals surface area contributed by atoms with Crippen molar-refractivity contribution in [2.45, 2.75) is 12.8 Å². The van der Waals surface area contributed by atoms with Crippen LogP contribution in [0.25, 0.3) is 0 Å². The second kappa shape index (κ2) is 4.77. The first-order valence-electron chi connectivity index (χ1n) is 4.15. The number of hydrogen-bond donors (Lipinski definition) is 1. The van der Waals surface area contributed by atoms with Gasteiger partial charge in [-0.15, -0.1) is 0 Å². The third-order valence-corrected chi connectivity index (χ3v) is 2.19. The summed E-state index contributed by atoms with van der Waals surface area (Å²) >= 11 is 5.74. The zero-order chi connectivity index (χ0) is 10.6. The summed E-state index contributed by atoms with van der Waals surface area (Å²) in [6.07, 6.45) is 1.50.